The van der Waals surface area contributed by atoms with Gasteiger partial charge in [0.05, 0.1) is 5.75 Å². The van der Waals surface area contributed by atoms with Gasteiger partial charge >= 0.3 is 0 Å². The molecule has 1 saturated carbocycles. The van der Waals surface area contributed by atoms with Crippen molar-refractivity contribution in [3.8, 4) is 0 Å². The maximum Gasteiger partial charge on any atom is 0.243 e. The normalized spacial score (nSPS) is 14.8. The number of halogens is 3. The monoisotopic (exact) mass is 510 g/mol. The number of hydrogen-bond acceptors (Lipinski definition) is 3. The second-order valence-electron chi connectivity index (χ2n) is 8.22. The van der Waals surface area contributed by atoms with Crippen molar-refractivity contribution in [1.82, 2.24) is 10.2 Å². The zero-order valence-corrected chi connectivity index (χ0v) is 21.0. The number of thioether (sulfide) groups is 1. The molecule has 1 N–H and O–H groups in total. The Labute approximate surface area is 209 Å². The number of carbonyl (C=O) groups excluding carboxylic acids is 2. The van der Waals surface area contributed by atoms with Crippen LogP contribution >= 0.6 is 35.0 Å². The molecule has 33 heavy (non-hydrogen) atoms. The van der Waals surface area contributed by atoms with Crippen molar-refractivity contribution in [2.24, 2.45) is 0 Å². The standard InChI is InChI=1S/C25H29Cl2FN2O2S/c1-2-23(25(32)29-18-9-4-5-10-18)30(14-19-20(26)11-7-12-21(19)27)24(31)16-33-15-17-8-3-6-13-22(17)28/h3,6-8,11-13,18,23H,2,4-5,9-10,14-16H2,1H3,(H,29,32). The van der Waals surface area contributed by atoms with Gasteiger partial charge < -0.3 is 10.2 Å². The topological polar surface area (TPSA) is 49.4 Å². The first-order valence-electron chi connectivity index (χ1n) is 11.2. The first kappa shape index (κ1) is 25.9. The Kier molecular flexibility index (Phi) is 9.90. The van der Waals surface area contributed by atoms with E-state index >= 15 is 0 Å². The molecule has 0 aliphatic heterocycles. The summed E-state index contributed by atoms with van der Waals surface area (Å²) in [6, 6.07) is 11.2. The van der Waals surface area contributed by atoms with Gasteiger partial charge in [0.25, 0.3) is 0 Å². The van der Waals surface area contributed by atoms with Crippen molar-refractivity contribution < 1.29 is 14.0 Å². The van der Waals surface area contributed by atoms with Crippen LogP contribution < -0.4 is 5.32 Å². The van der Waals surface area contributed by atoms with Crippen molar-refractivity contribution >= 4 is 46.8 Å². The van der Waals surface area contributed by atoms with Gasteiger partial charge in [-0.3, -0.25) is 9.59 Å². The highest BCUT2D eigenvalue weighted by Gasteiger charge is 2.31. The van der Waals surface area contributed by atoms with Gasteiger partial charge in [-0.15, -0.1) is 11.8 Å². The summed E-state index contributed by atoms with van der Waals surface area (Å²) in [5.41, 5.74) is 1.16. The molecular weight excluding hydrogens is 482 g/mol. The van der Waals surface area contributed by atoms with E-state index in [0.717, 1.165) is 25.7 Å². The number of hydrogen-bond donors (Lipinski definition) is 1. The molecule has 0 aromatic heterocycles. The zero-order valence-electron chi connectivity index (χ0n) is 18.7. The molecule has 8 heteroatoms. The predicted molar refractivity (Wildman–Crippen MR) is 134 cm³/mol. The fraction of sp³-hybridized carbons (Fsp3) is 0.440. The van der Waals surface area contributed by atoms with E-state index in [1.54, 1.807) is 41.3 Å². The minimum atomic E-state index is -0.639. The largest absolute Gasteiger partial charge is 0.352 e. The maximum atomic E-state index is 13.9. The summed E-state index contributed by atoms with van der Waals surface area (Å²) >= 11 is 14.1. The molecule has 0 spiro atoms. The van der Waals surface area contributed by atoms with Crippen molar-refractivity contribution in [3.05, 3.63) is 69.5 Å². The summed E-state index contributed by atoms with van der Waals surface area (Å²) in [6.45, 7) is 2.02. The first-order valence-corrected chi connectivity index (χ1v) is 13.2. The van der Waals surface area contributed by atoms with E-state index in [1.807, 2.05) is 6.92 Å². The Morgan fingerprint density at radius 3 is 2.42 bits per heavy atom. The zero-order chi connectivity index (χ0) is 23.8. The molecule has 0 bridgehead atoms. The third kappa shape index (κ3) is 7.11. The smallest absolute Gasteiger partial charge is 0.243 e. The lowest BCUT2D eigenvalue weighted by Gasteiger charge is -2.32. The average molecular weight is 511 g/mol. The number of rotatable bonds is 10. The van der Waals surface area contributed by atoms with E-state index in [9.17, 15) is 14.0 Å². The van der Waals surface area contributed by atoms with E-state index in [1.165, 1.54) is 17.8 Å². The lowest BCUT2D eigenvalue weighted by molar-refractivity contribution is -0.139. The highest BCUT2D eigenvalue weighted by Crippen LogP contribution is 2.28. The molecule has 4 nitrogen and oxygen atoms in total. The van der Waals surface area contributed by atoms with Gasteiger partial charge in [-0.1, -0.05) is 67.2 Å². The van der Waals surface area contributed by atoms with Crippen LogP contribution in [0.5, 0.6) is 0 Å². The molecular formula is C25H29Cl2FN2O2S. The van der Waals surface area contributed by atoms with Crippen LogP contribution in [0, 0.1) is 5.82 Å². The predicted octanol–water partition coefficient (Wildman–Crippen LogP) is 6.23. The summed E-state index contributed by atoms with van der Waals surface area (Å²) < 4.78 is 13.9. The summed E-state index contributed by atoms with van der Waals surface area (Å²) in [6.07, 6.45) is 4.60. The Morgan fingerprint density at radius 1 is 1.12 bits per heavy atom. The average Bonchev–Trinajstić information content (AvgIpc) is 3.29. The third-order valence-electron chi connectivity index (χ3n) is 5.92. The van der Waals surface area contributed by atoms with Gasteiger partial charge in [0.1, 0.15) is 11.9 Å². The Morgan fingerprint density at radius 2 is 1.79 bits per heavy atom. The van der Waals surface area contributed by atoms with Crippen molar-refractivity contribution in [3.63, 3.8) is 0 Å². The quantitative estimate of drug-likeness (QED) is 0.411. The fourth-order valence-corrected chi connectivity index (χ4v) is 5.50. The van der Waals surface area contributed by atoms with E-state index < -0.39 is 6.04 Å². The van der Waals surface area contributed by atoms with Gasteiger partial charge in [0.2, 0.25) is 11.8 Å². The van der Waals surface area contributed by atoms with Crippen LogP contribution in [0.15, 0.2) is 42.5 Å². The van der Waals surface area contributed by atoms with Crippen molar-refractivity contribution in [1.29, 1.82) is 0 Å². The minimum absolute atomic E-state index is 0.115. The van der Waals surface area contributed by atoms with Gasteiger partial charge in [0.15, 0.2) is 0 Å². The maximum absolute atomic E-state index is 13.9. The number of nitrogens with one attached hydrogen (secondary N) is 1. The van der Waals surface area contributed by atoms with E-state index in [2.05, 4.69) is 5.32 Å². The van der Waals surface area contributed by atoms with Gasteiger partial charge in [-0.2, -0.15) is 0 Å². The third-order valence-corrected chi connectivity index (χ3v) is 7.59. The molecule has 178 valence electrons. The van der Waals surface area contributed by atoms with E-state index in [-0.39, 0.29) is 36.0 Å². The van der Waals surface area contributed by atoms with E-state index in [4.69, 9.17) is 23.2 Å². The Bertz CT molecular complexity index is 949. The molecule has 0 heterocycles. The number of benzene rings is 2. The molecule has 2 aromatic carbocycles. The highest BCUT2D eigenvalue weighted by atomic mass is 35.5. The van der Waals surface area contributed by atoms with Crippen LogP contribution in [-0.4, -0.2) is 34.6 Å². The summed E-state index contributed by atoms with van der Waals surface area (Å²) in [5, 5.41) is 4.01. The summed E-state index contributed by atoms with van der Waals surface area (Å²) in [5.74, 6) is -0.173. The van der Waals surface area contributed by atoms with E-state index in [0.29, 0.717) is 33.3 Å². The first-order chi connectivity index (χ1) is 15.9. The van der Waals surface area contributed by atoms with Crippen LogP contribution in [0.1, 0.15) is 50.2 Å². The fourth-order valence-electron chi connectivity index (χ4n) is 4.09. The second-order valence-corrected chi connectivity index (χ2v) is 10.0. The van der Waals surface area contributed by atoms with Gasteiger partial charge in [-0.25, -0.2) is 4.39 Å². The molecule has 1 aliphatic rings. The molecule has 0 saturated heterocycles. The lowest BCUT2D eigenvalue weighted by Crippen LogP contribution is -2.51. The SMILES string of the molecule is CCC(C(=O)NC1CCCC1)N(Cc1c(Cl)cccc1Cl)C(=O)CSCc1ccccc1F. The minimum Gasteiger partial charge on any atom is -0.352 e. The molecule has 2 aromatic rings. The molecule has 2 amide bonds. The highest BCUT2D eigenvalue weighted by molar-refractivity contribution is 7.99. The number of amides is 2. The lowest BCUT2D eigenvalue weighted by atomic mass is 10.1. The number of nitrogens with zero attached hydrogens (tertiary/aromatic N) is 1. The Balaban J connectivity index is 1.76. The summed E-state index contributed by atoms with van der Waals surface area (Å²) in [4.78, 5) is 28.0. The van der Waals surface area contributed by atoms with Crippen LogP contribution in [0.25, 0.3) is 0 Å². The van der Waals surface area contributed by atoms with Gasteiger partial charge in [0, 0.05) is 33.9 Å². The molecule has 1 atom stereocenters. The second kappa shape index (κ2) is 12.6. The molecule has 3 rings (SSSR count). The van der Waals surface area contributed by atoms with Crippen LogP contribution in [0.2, 0.25) is 10.0 Å². The molecule has 0 radical (unpaired) electrons. The summed E-state index contributed by atoms with van der Waals surface area (Å²) in [7, 11) is 0. The van der Waals surface area contributed by atoms with Crippen molar-refractivity contribution in [2.45, 2.75) is 63.4 Å². The van der Waals surface area contributed by atoms with Crippen LogP contribution in [0.3, 0.4) is 0 Å². The van der Waals surface area contributed by atoms with Crippen molar-refractivity contribution in [2.75, 3.05) is 5.75 Å². The Hall–Kier alpha value is -1.76. The molecule has 1 unspecified atom stereocenters. The number of carbonyl (C=O) groups is 2. The molecule has 1 fully saturated rings. The van der Waals surface area contributed by atoms with Crippen LogP contribution in [-0.2, 0) is 21.9 Å². The van der Waals surface area contributed by atoms with Gasteiger partial charge in [-0.05, 0) is 43.0 Å². The van der Waals surface area contributed by atoms with Crippen LogP contribution in [0.4, 0.5) is 4.39 Å². The molecule has 1 aliphatic carbocycles.